The Morgan fingerprint density at radius 1 is 1.19 bits per heavy atom. The van der Waals surface area contributed by atoms with Gasteiger partial charge in [-0.3, -0.25) is 4.79 Å². The molecule has 8 heteroatoms. The van der Waals surface area contributed by atoms with Crippen LogP contribution in [0.5, 0.6) is 5.75 Å². The lowest BCUT2D eigenvalue weighted by Gasteiger charge is -2.15. The topological polar surface area (TPSA) is 81.2 Å². The van der Waals surface area contributed by atoms with E-state index in [1.54, 1.807) is 7.11 Å². The third-order valence-corrected chi connectivity index (χ3v) is 3.72. The van der Waals surface area contributed by atoms with Crippen LogP contribution in [0.1, 0.15) is 25.8 Å². The van der Waals surface area contributed by atoms with E-state index in [0.717, 1.165) is 24.3 Å². The number of methoxy groups -OCH3 is 2. The highest BCUT2D eigenvalue weighted by Crippen LogP contribution is 2.11. The summed E-state index contributed by atoms with van der Waals surface area (Å²) in [5.74, 6) is 0.977. The monoisotopic (exact) mass is 493 g/mol. The Morgan fingerprint density at radius 2 is 1.89 bits per heavy atom. The van der Waals surface area contributed by atoms with Crippen molar-refractivity contribution in [1.29, 1.82) is 0 Å². The van der Waals surface area contributed by atoms with E-state index in [1.807, 2.05) is 38.1 Å². The smallest absolute Gasteiger partial charge is 0.310 e. The number of aliphatic imine (C=N–C) groups is 1. The molecule has 0 spiro atoms. The second kappa shape index (κ2) is 15.5. The Bertz CT molecular complexity index is 552. The molecule has 154 valence electrons. The largest absolute Gasteiger partial charge is 0.497 e. The van der Waals surface area contributed by atoms with E-state index in [2.05, 4.69) is 15.6 Å². The molecule has 1 aromatic rings. The first kappa shape index (κ1) is 25.4. The van der Waals surface area contributed by atoms with Crippen molar-refractivity contribution in [2.24, 2.45) is 10.9 Å². The molecule has 1 rings (SSSR count). The molecular formula is C19H32IN3O4. The van der Waals surface area contributed by atoms with Gasteiger partial charge in [0, 0.05) is 26.3 Å². The van der Waals surface area contributed by atoms with E-state index in [-0.39, 0.29) is 35.9 Å². The summed E-state index contributed by atoms with van der Waals surface area (Å²) in [6.45, 7) is 6.92. The molecule has 0 aliphatic rings. The van der Waals surface area contributed by atoms with Crippen molar-refractivity contribution in [3.8, 4) is 5.75 Å². The maximum Gasteiger partial charge on any atom is 0.310 e. The Balaban J connectivity index is 0.00000676. The van der Waals surface area contributed by atoms with Gasteiger partial charge in [0.25, 0.3) is 0 Å². The minimum Gasteiger partial charge on any atom is -0.497 e. The molecule has 27 heavy (non-hydrogen) atoms. The van der Waals surface area contributed by atoms with Crippen molar-refractivity contribution >= 4 is 35.9 Å². The lowest BCUT2D eigenvalue weighted by Crippen LogP contribution is -2.41. The molecule has 7 nitrogen and oxygen atoms in total. The van der Waals surface area contributed by atoms with Crippen LogP contribution in [-0.2, 0) is 20.8 Å². The zero-order chi connectivity index (χ0) is 19.2. The molecule has 1 atom stereocenters. The molecule has 0 aliphatic carbocycles. The summed E-state index contributed by atoms with van der Waals surface area (Å²) >= 11 is 0. The highest BCUT2D eigenvalue weighted by molar-refractivity contribution is 14.0. The summed E-state index contributed by atoms with van der Waals surface area (Å²) in [6.07, 6.45) is 0.879. The lowest BCUT2D eigenvalue weighted by atomic mass is 10.2. The molecule has 0 aromatic heterocycles. The Kier molecular flexibility index (Phi) is 14.6. The predicted octanol–water partition coefficient (Wildman–Crippen LogP) is 2.58. The average Bonchev–Trinajstić information content (AvgIpc) is 2.68. The number of halogens is 1. The van der Waals surface area contributed by atoms with Crippen LogP contribution in [0.15, 0.2) is 29.3 Å². The van der Waals surface area contributed by atoms with Crippen LogP contribution in [0.2, 0.25) is 0 Å². The van der Waals surface area contributed by atoms with Crippen molar-refractivity contribution in [2.45, 2.75) is 26.8 Å². The molecule has 1 unspecified atom stereocenters. The number of hydrogen-bond donors (Lipinski definition) is 2. The zero-order valence-electron chi connectivity index (χ0n) is 16.6. The molecule has 0 heterocycles. The number of carbonyl (C=O) groups is 1. The van der Waals surface area contributed by atoms with Gasteiger partial charge < -0.3 is 24.8 Å². The summed E-state index contributed by atoms with van der Waals surface area (Å²) in [5.41, 5.74) is 1.07. The number of hydrogen-bond acceptors (Lipinski definition) is 5. The van der Waals surface area contributed by atoms with E-state index in [4.69, 9.17) is 14.2 Å². The van der Waals surface area contributed by atoms with E-state index in [0.29, 0.717) is 32.3 Å². The van der Waals surface area contributed by atoms with Gasteiger partial charge in [0.1, 0.15) is 5.75 Å². The molecular weight excluding hydrogens is 461 g/mol. The fourth-order valence-corrected chi connectivity index (χ4v) is 2.14. The number of benzene rings is 1. The van der Waals surface area contributed by atoms with Crippen molar-refractivity contribution in [2.75, 3.05) is 40.5 Å². The molecule has 0 saturated carbocycles. The number of esters is 1. The maximum atomic E-state index is 11.5. The Labute approximate surface area is 179 Å². The first-order chi connectivity index (χ1) is 12.6. The van der Waals surface area contributed by atoms with Crippen LogP contribution < -0.4 is 15.4 Å². The van der Waals surface area contributed by atoms with Crippen LogP contribution >= 0.6 is 24.0 Å². The summed E-state index contributed by atoms with van der Waals surface area (Å²) in [6, 6.07) is 7.78. The highest BCUT2D eigenvalue weighted by atomic mass is 127. The van der Waals surface area contributed by atoms with Gasteiger partial charge in [0.15, 0.2) is 5.96 Å². The summed E-state index contributed by atoms with van der Waals surface area (Å²) in [4.78, 5) is 16.1. The standard InChI is InChI=1S/C19H31N3O4.HI/c1-5-26-12-6-11-20-19(21-13-15(2)18(23)25-4)22-14-16-7-9-17(24-3)10-8-16;/h7-10,15H,5-6,11-14H2,1-4H3,(H2,20,21,22);1H. The Morgan fingerprint density at radius 3 is 2.48 bits per heavy atom. The SMILES string of the molecule is CCOCCCNC(=NCc1ccc(OC)cc1)NCC(C)C(=O)OC.I. The van der Waals surface area contributed by atoms with Gasteiger partial charge >= 0.3 is 5.97 Å². The van der Waals surface area contributed by atoms with Crippen LogP contribution in [0.25, 0.3) is 0 Å². The maximum absolute atomic E-state index is 11.5. The number of ether oxygens (including phenoxy) is 3. The van der Waals surface area contributed by atoms with Gasteiger partial charge in [-0.1, -0.05) is 19.1 Å². The van der Waals surface area contributed by atoms with E-state index >= 15 is 0 Å². The molecule has 1 aromatic carbocycles. The van der Waals surface area contributed by atoms with Gasteiger partial charge in [0.05, 0.1) is 26.7 Å². The number of rotatable bonds is 11. The van der Waals surface area contributed by atoms with Crippen LogP contribution in [0, 0.1) is 5.92 Å². The zero-order valence-corrected chi connectivity index (χ0v) is 18.9. The minimum atomic E-state index is -0.253. The summed E-state index contributed by atoms with van der Waals surface area (Å²) < 4.78 is 15.3. The van der Waals surface area contributed by atoms with Gasteiger partial charge in [-0.15, -0.1) is 24.0 Å². The Hall–Kier alpha value is -1.55. The van der Waals surface area contributed by atoms with Crippen LogP contribution in [0.4, 0.5) is 0 Å². The molecule has 2 N–H and O–H groups in total. The second-order valence-electron chi connectivity index (χ2n) is 5.80. The minimum absolute atomic E-state index is 0. The fraction of sp³-hybridized carbons (Fsp3) is 0.579. The first-order valence-corrected chi connectivity index (χ1v) is 8.91. The third-order valence-electron chi connectivity index (χ3n) is 3.72. The van der Waals surface area contributed by atoms with E-state index in [9.17, 15) is 4.79 Å². The van der Waals surface area contributed by atoms with Crippen molar-refractivity contribution < 1.29 is 19.0 Å². The summed E-state index contributed by atoms with van der Waals surface area (Å²) in [7, 11) is 3.04. The van der Waals surface area contributed by atoms with Crippen LogP contribution in [-0.4, -0.2) is 52.5 Å². The predicted molar refractivity (Wildman–Crippen MR) is 118 cm³/mol. The quantitative estimate of drug-likeness (QED) is 0.162. The van der Waals surface area contributed by atoms with Crippen molar-refractivity contribution in [3.63, 3.8) is 0 Å². The normalized spacial score (nSPS) is 11.9. The molecule has 0 bridgehead atoms. The van der Waals surface area contributed by atoms with Crippen molar-refractivity contribution in [1.82, 2.24) is 10.6 Å². The molecule has 0 fully saturated rings. The number of carbonyl (C=O) groups excluding carboxylic acids is 1. The van der Waals surface area contributed by atoms with E-state index < -0.39 is 0 Å². The second-order valence-corrected chi connectivity index (χ2v) is 5.80. The lowest BCUT2D eigenvalue weighted by molar-refractivity contribution is -0.144. The fourth-order valence-electron chi connectivity index (χ4n) is 2.14. The van der Waals surface area contributed by atoms with Gasteiger partial charge in [-0.25, -0.2) is 4.99 Å². The molecule has 0 radical (unpaired) electrons. The first-order valence-electron chi connectivity index (χ1n) is 8.91. The molecule has 0 amide bonds. The number of guanidine groups is 1. The average molecular weight is 493 g/mol. The van der Waals surface area contributed by atoms with Gasteiger partial charge in [-0.2, -0.15) is 0 Å². The number of nitrogens with one attached hydrogen (secondary N) is 2. The van der Waals surface area contributed by atoms with E-state index in [1.165, 1.54) is 7.11 Å². The van der Waals surface area contributed by atoms with Gasteiger partial charge in [-0.05, 0) is 31.0 Å². The highest BCUT2D eigenvalue weighted by Gasteiger charge is 2.13. The molecule has 0 saturated heterocycles. The molecule has 0 aliphatic heterocycles. The van der Waals surface area contributed by atoms with Crippen molar-refractivity contribution in [3.05, 3.63) is 29.8 Å². The number of nitrogens with zero attached hydrogens (tertiary/aromatic N) is 1. The van der Waals surface area contributed by atoms with Crippen LogP contribution in [0.3, 0.4) is 0 Å². The third kappa shape index (κ3) is 11.0. The van der Waals surface area contributed by atoms with Gasteiger partial charge in [0.2, 0.25) is 0 Å². The summed E-state index contributed by atoms with van der Waals surface area (Å²) in [5, 5.41) is 6.46.